The minimum atomic E-state index is 1.08. The second-order valence-corrected chi connectivity index (χ2v) is 2.99. The summed E-state index contributed by atoms with van der Waals surface area (Å²) in [6, 6.07) is 2.12. The highest BCUT2D eigenvalue weighted by Crippen LogP contribution is 2.11. The van der Waals surface area contributed by atoms with Gasteiger partial charge in [0.05, 0.1) is 0 Å². The lowest BCUT2D eigenvalue weighted by atomic mass is 10.1. The van der Waals surface area contributed by atoms with Gasteiger partial charge in [-0.15, -0.1) is 0 Å². The summed E-state index contributed by atoms with van der Waals surface area (Å²) in [6.45, 7) is 6.40. The summed E-state index contributed by atoms with van der Waals surface area (Å²) in [5, 5.41) is 0. The number of aryl methyl sites for hydroxylation is 1. The smallest absolute Gasteiger partial charge is 0.0217 e. The normalized spacial score (nSPS) is 9.73. The number of aromatic nitrogens is 1. The van der Waals surface area contributed by atoms with Gasteiger partial charge in [-0.2, -0.15) is 0 Å². The summed E-state index contributed by atoms with van der Waals surface area (Å²) in [5.41, 5.74) is 4.00. The van der Waals surface area contributed by atoms with Gasteiger partial charge in [0.25, 0.3) is 0 Å². The molecule has 60 valence electrons. The van der Waals surface area contributed by atoms with Crippen LogP contribution >= 0.6 is 0 Å². The lowest BCUT2D eigenvalue weighted by molar-refractivity contribution is 1.06. The van der Waals surface area contributed by atoms with Crippen LogP contribution in [0.1, 0.15) is 32.0 Å². The molecule has 0 saturated heterocycles. The number of allylic oxidation sites excluding steroid dienone is 1. The van der Waals surface area contributed by atoms with Crippen LogP contribution in [0.5, 0.6) is 0 Å². The van der Waals surface area contributed by atoms with Gasteiger partial charge in [-0.25, -0.2) is 0 Å². The fourth-order valence-corrected chi connectivity index (χ4v) is 1.17. The summed E-state index contributed by atoms with van der Waals surface area (Å²) in [5.74, 6) is 0. The number of hydrogen-bond acceptors (Lipinski definition) is 0. The molecule has 11 heavy (non-hydrogen) atoms. The lowest BCUT2D eigenvalue weighted by Crippen LogP contribution is -1.82. The average Bonchev–Trinajstić information content (AvgIpc) is 2.34. The molecule has 1 heteroatoms. The van der Waals surface area contributed by atoms with Crippen LogP contribution in [0.3, 0.4) is 0 Å². The molecule has 0 aliphatic rings. The van der Waals surface area contributed by atoms with Gasteiger partial charge in [0.15, 0.2) is 0 Å². The Labute approximate surface area is 68.1 Å². The van der Waals surface area contributed by atoms with Gasteiger partial charge < -0.3 is 4.98 Å². The Morgan fingerprint density at radius 3 is 2.82 bits per heavy atom. The minimum absolute atomic E-state index is 1.08. The van der Waals surface area contributed by atoms with Crippen LogP contribution in [0.25, 0.3) is 6.08 Å². The van der Waals surface area contributed by atoms with Crippen LogP contribution in [0.4, 0.5) is 0 Å². The zero-order valence-corrected chi connectivity index (χ0v) is 7.44. The van der Waals surface area contributed by atoms with Crippen molar-refractivity contribution in [1.82, 2.24) is 4.98 Å². The van der Waals surface area contributed by atoms with Crippen molar-refractivity contribution in [3.63, 3.8) is 0 Å². The summed E-state index contributed by atoms with van der Waals surface area (Å²) < 4.78 is 0. The van der Waals surface area contributed by atoms with Gasteiger partial charge in [0, 0.05) is 11.9 Å². The van der Waals surface area contributed by atoms with E-state index < -0.39 is 0 Å². The largest absolute Gasteiger partial charge is 0.364 e. The van der Waals surface area contributed by atoms with Crippen LogP contribution in [0, 0.1) is 0 Å². The summed E-state index contributed by atoms with van der Waals surface area (Å²) in [6.07, 6.45) is 5.27. The topological polar surface area (TPSA) is 15.8 Å². The van der Waals surface area contributed by atoms with Gasteiger partial charge >= 0.3 is 0 Å². The highest BCUT2D eigenvalue weighted by atomic mass is 14.7. The third-order valence-corrected chi connectivity index (χ3v) is 1.67. The number of rotatable bonds is 2. The van der Waals surface area contributed by atoms with Crippen molar-refractivity contribution in [3.05, 3.63) is 29.1 Å². The van der Waals surface area contributed by atoms with Crippen LogP contribution < -0.4 is 0 Å². The third kappa shape index (κ3) is 1.97. The molecule has 0 aliphatic carbocycles. The molecule has 0 atom stereocenters. The fourth-order valence-electron chi connectivity index (χ4n) is 1.17. The molecule has 0 aromatic carbocycles. The Bertz CT molecular complexity index is 252. The molecule has 0 radical (unpaired) electrons. The van der Waals surface area contributed by atoms with E-state index in [0.29, 0.717) is 0 Å². The second-order valence-electron chi connectivity index (χ2n) is 2.99. The van der Waals surface area contributed by atoms with Crippen LogP contribution in [-0.2, 0) is 6.42 Å². The van der Waals surface area contributed by atoms with Crippen molar-refractivity contribution < 1.29 is 0 Å². The molecule has 0 bridgehead atoms. The SMILES string of the molecule is CCc1[nH]ccc1C=C(C)C. The van der Waals surface area contributed by atoms with Crippen molar-refractivity contribution in [3.8, 4) is 0 Å². The van der Waals surface area contributed by atoms with E-state index in [0.717, 1.165) is 6.42 Å². The van der Waals surface area contributed by atoms with Gasteiger partial charge in [0.2, 0.25) is 0 Å². The van der Waals surface area contributed by atoms with Crippen molar-refractivity contribution >= 4 is 6.08 Å². The molecule has 1 aromatic heterocycles. The van der Waals surface area contributed by atoms with Crippen LogP contribution in [-0.4, -0.2) is 4.98 Å². The molecule has 1 nitrogen and oxygen atoms in total. The molecule has 0 unspecified atom stereocenters. The molecule has 1 heterocycles. The summed E-state index contributed by atoms with van der Waals surface area (Å²) >= 11 is 0. The molecule has 1 aromatic rings. The van der Waals surface area contributed by atoms with E-state index in [1.165, 1.54) is 16.8 Å². The van der Waals surface area contributed by atoms with Crippen molar-refractivity contribution in [2.75, 3.05) is 0 Å². The number of aromatic amines is 1. The molecule has 0 amide bonds. The van der Waals surface area contributed by atoms with E-state index in [-0.39, 0.29) is 0 Å². The maximum Gasteiger partial charge on any atom is 0.0217 e. The van der Waals surface area contributed by atoms with E-state index in [4.69, 9.17) is 0 Å². The zero-order valence-electron chi connectivity index (χ0n) is 7.44. The average molecular weight is 149 g/mol. The predicted octanol–water partition coefficient (Wildman–Crippen LogP) is 3.00. The lowest BCUT2D eigenvalue weighted by Gasteiger charge is -1.94. The zero-order chi connectivity index (χ0) is 8.27. The Morgan fingerprint density at radius 1 is 1.55 bits per heavy atom. The first-order chi connectivity index (χ1) is 5.24. The van der Waals surface area contributed by atoms with Crippen molar-refractivity contribution in [1.29, 1.82) is 0 Å². The summed E-state index contributed by atoms with van der Waals surface area (Å²) in [4.78, 5) is 3.22. The Hall–Kier alpha value is -0.980. The highest BCUT2D eigenvalue weighted by molar-refractivity contribution is 5.54. The Morgan fingerprint density at radius 2 is 2.27 bits per heavy atom. The molecular formula is C10H15N. The van der Waals surface area contributed by atoms with Crippen LogP contribution in [0.2, 0.25) is 0 Å². The number of nitrogens with one attached hydrogen (secondary N) is 1. The first-order valence-corrected chi connectivity index (χ1v) is 4.05. The highest BCUT2D eigenvalue weighted by Gasteiger charge is 1.96. The van der Waals surface area contributed by atoms with Gasteiger partial charge in [-0.05, 0) is 31.9 Å². The molecule has 1 N–H and O–H groups in total. The predicted molar refractivity (Wildman–Crippen MR) is 49.5 cm³/mol. The molecular weight excluding hydrogens is 134 g/mol. The van der Waals surface area contributed by atoms with Gasteiger partial charge in [0.1, 0.15) is 0 Å². The fraction of sp³-hybridized carbons (Fsp3) is 0.400. The van der Waals surface area contributed by atoms with E-state index >= 15 is 0 Å². The second kappa shape index (κ2) is 3.42. The number of hydrogen-bond donors (Lipinski definition) is 1. The molecule has 0 spiro atoms. The van der Waals surface area contributed by atoms with Gasteiger partial charge in [-0.1, -0.05) is 18.6 Å². The standard InChI is InChI=1S/C10H15N/c1-4-10-9(5-6-11-10)7-8(2)3/h5-7,11H,4H2,1-3H3. The molecule has 1 rings (SSSR count). The third-order valence-electron chi connectivity index (χ3n) is 1.67. The van der Waals surface area contributed by atoms with E-state index in [1.807, 2.05) is 6.20 Å². The van der Waals surface area contributed by atoms with Crippen molar-refractivity contribution in [2.24, 2.45) is 0 Å². The maximum absolute atomic E-state index is 3.22. The summed E-state index contributed by atoms with van der Waals surface area (Å²) in [7, 11) is 0. The number of H-pyrrole nitrogens is 1. The monoisotopic (exact) mass is 149 g/mol. The van der Waals surface area contributed by atoms with E-state index in [2.05, 4.69) is 37.9 Å². The van der Waals surface area contributed by atoms with E-state index in [1.54, 1.807) is 0 Å². The maximum atomic E-state index is 3.22. The first-order valence-electron chi connectivity index (χ1n) is 4.05. The minimum Gasteiger partial charge on any atom is -0.364 e. The molecule has 0 fully saturated rings. The quantitative estimate of drug-likeness (QED) is 0.665. The Kier molecular flexibility index (Phi) is 2.53. The molecule has 0 saturated carbocycles. The van der Waals surface area contributed by atoms with Crippen LogP contribution in [0.15, 0.2) is 17.8 Å². The van der Waals surface area contributed by atoms with E-state index in [9.17, 15) is 0 Å². The molecule has 0 aliphatic heterocycles. The van der Waals surface area contributed by atoms with Gasteiger partial charge in [-0.3, -0.25) is 0 Å². The van der Waals surface area contributed by atoms with Crippen molar-refractivity contribution in [2.45, 2.75) is 27.2 Å². The first kappa shape index (κ1) is 8.12. The Balaban J connectivity index is 2.93.